The van der Waals surface area contributed by atoms with Gasteiger partial charge in [-0.15, -0.1) is 10.2 Å². The highest BCUT2D eigenvalue weighted by molar-refractivity contribution is 6.38. The Hall–Kier alpha value is -1.88. The molecule has 0 amide bonds. The molecule has 6 heteroatoms. The quantitative estimate of drug-likeness (QED) is 0.799. The summed E-state index contributed by atoms with van der Waals surface area (Å²) < 4.78 is 10.0. The Labute approximate surface area is 109 Å². The van der Waals surface area contributed by atoms with Crippen LogP contribution in [0.4, 0.5) is 0 Å². The predicted octanol–water partition coefficient (Wildman–Crippen LogP) is 2.47. The SMILES string of the molecule is CCOC(=O)c1nnc2c(OC)cccc2c1Cl. The van der Waals surface area contributed by atoms with Crippen LogP contribution in [-0.2, 0) is 4.74 Å². The molecule has 1 aromatic carbocycles. The van der Waals surface area contributed by atoms with Crippen LogP contribution in [0.15, 0.2) is 18.2 Å². The van der Waals surface area contributed by atoms with E-state index in [0.717, 1.165) is 0 Å². The Morgan fingerprint density at radius 1 is 1.39 bits per heavy atom. The van der Waals surface area contributed by atoms with Crippen molar-refractivity contribution >= 4 is 28.5 Å². The van der Waals surface area contributed by atoms with Crippen molar-refractivity contribution in [1.82, 2.24) is 10.2 Å². The predicted molar refractivity (Wildman–Crippen MR) is 67.1 cm³/mol. The van der Waals surface area contributed by atoms with Crippen molar-refractivity contribution in [3.05, 3.63) is 28.9 Å². The first kappa shape index (κ1) is 12.6. The molecular formula is C12H11ClN2O3. The highest BCUT2D eigenvalue weighted by Crippen LogP contribution is 2.30. The third-order valence-corrected chi connectivity index (χ3v) is 2.76. The minimum atomic E-state index is -0.584. The molecule has 0 aliphatic rings. The highest BCUT2D eigenvalue weighted by atomic mass is 35.5. The molecule has 0 fully saturated rings. The number of hydrogen-bond donors (Lipinski definition) is 0. The largest absolute Gasteiger partial charge is 0.494 e. The van der Waals surface area contributed by atoms with E-state index >= 15 is 0 Å². The second kappa shape index (κ2) is 5.18. The summed E-state index contributed by atoms with van der Waals surface area (Å²) in [7, 11) is 1.53. The van der Waals surface area contributed by atoms with Gasteiger partial charge in [0.05, 0.1) is 18.7 Å². The summed E-state index contributed by atoms with van der Waals surface area (Å²) in [6.45, 7) is 1.97. The van der Waals surface area contributed by atoms with Gasteiger partial charge in [0.2, 0.25) is 0 Å². The van der Waals surface area contributed by atoms with Crippen molar-refractivity contribution in [2.24, 2.45) is 0 Å². The van der Waals surface area contributed by atoms with E-state index in [1.54, 1.807) is 25.1 Å². The van der Waals surface area contributed by atoms with E-state index in [1.165, 1.54) is 7.11 Å². The Morgan fingerprint density at radius 3 is 2.83 bits per heavy atom. The fourth-order valence-electron chi connectivity index (χ4n) is 1.57. The number of benzene rings is 1. The molecule has 0 radical (unpaired) electrons. The third kappa shape index (κ3) is 2.09. The van der Waals surface area contributed by atoms with Crippen LogP contribution in [0.25, 0.3) is 10.9 Å². The highest BCUT2D eigenvalue weighted by Gasteiger charge is 2.18. The molecule has 0 spiro atoms. The molecule has 2 aromatic rings. The lowest BCUT2D eigenvalue weighted by molar-refractivity contribution is 0.0518. The number of nitrogens with zero attached hydrogens (tertiary/aromatic N) is 2. The third-order valence-electron chi connectivity index (χ3n) is 2.38. The number of carbonyl (C=O) groups excluding carboxylic acids is 1. The van der Waals surface area contributed by atoms with Crippen molar-refractivity contribution in [1.29, 1.82) is 0 Å². The van der Waals surface area contributed by atoms with Gasteiger partial charge in [0.15, 0.2) is 5.69 Å². The number of hydrogen-bond acceptors (Lipinski definition) is 5. The zero-order chi connectivity index (χ0) is 13.1. The summed E-state index contributed by atoms with van der Waals surface area (Å²) in [5.74, 6) is -0.0305. The van der Waals surface area contributed by atoms with E-state index in [9.17, 15) is 4.79 Å². The molecule has 0 aliphatic carbocycles. The van der Waals surface area contributed by atoms with Crippen molar-refractivity contribution in [3.8, 4) is 5.75 Å². The first-order valence-corrected chi connectivity index (χ1v) is 5.72. The molecular weight excluding hydrogens is 256 g/mol. The lowest BCUT2D eigenvalue weighted by atomic mass is 10.2. The van der Waals surface area contributed by atoms with Gasteiger partial charge in [-0.3, -0.25) is 0 Å². The number of esters is 1. The molecule has 1 heterocycles. The summed E-state index contributed by atoms with van der Waals surface area (Å²) in [5, 5.41) is 8.58. The minimum absolute atomic E-state index is 0.0132. The van der Waals surface area contributed by atoms with Crippen LogP contribution in [0.5, 0.6) is 5.75 Å². The van der Waals surface area contributed by atoms with Crippen LogP contribution in [0.1, 0.15) is 17.4 Å². The van der Waals surface area contributed by atoms with E-state index in [2.05, 4.69) is 10.2 Å². The monoisotopic (exact) mass is 266 g/mol. The second-order valence-electron chi connectivity index (χ2n) is 3.44. The van der Waals surface area contributed by atoms with Crippen molar-refractivity contribution in [2.45, 2.75) is 6.92 Å². The van der Waals surface area contributed by atoms with Crippen LogP contribution < -0.4 is 4.74 Å². The van der Waals surface area contributed by atoms with Gasteiger partial charge in [-0.25, -0.2) is 4.79 Å². The van der Waals surface area contributed by atoms with Gasteiger partial charge in [0.25, 0.3) is 0 Å². The van der Waals surface area contributed by atoms with E-state index < -0.39 is 5.97 Å². The normalized spacial score (nSPS) is 10.4. The maximum Gasteiger partial charge on any atom is 0.360 e. The van der Waals surface area contributed by atoms with Crippen molar-refractivity contribution in [2.75, 3.05) is 13.7 Å². The van der Waals surface area contributed by atoms with E-state index in [-0.39, 0.29) is 17.3 Å². The fraction of sp³-hybridized carbons (Fsp3) is 0.250. The van der Waals surface area contributed by atoms with E-state index in [1.807, 2.05) is 0 Å². The molecule has 0 atom stereocenters. The van der Waals surface area contributed by atoms with Gasteiger partial charge in [0, 0.05) is 5.39 Å². The first-order valence-electron chi connectivity index (χ1n) is 5.35. The molecule has 18 heavy (non-hydrogen) atoms. The smallest absolute Gasteiger partial charge is 0.360 e. The Kier molecular flexibility index (Phi) is 3.62. The maximum absolute atomic E-state index is 11.6. The molecule has 5 nitrogen and oxygen atoms in total. The number of rotatable bonds is 3. The second-order valence-corrected chi connectivity index (χ2v) is 3.82. The van der Waals surface area contributed by atoms with E-state index in [4.69, 9.17) is 21.1 Å². The van der Waals surface area contributed by atoms with Crippen LogP contribution in [-0.4, -0.2) is 29.9 Å². The van der Waals surface area contributed by atoms with Crippen LogP contribution in [0.2, 0.25) is 5.02 Å². The minimum Gasteiger partial charge on any atom is -0.494 e. The van der Waals surface area contributed by atoms with Gasteiger partial charge in [-0.2, -0.15) is 0 Å². The Morgan fingerprint density at radius 2 is 2.17 bits per heavy atom. The lowest BCUT2D eigenvalue weighted by Crippen LogP contribution is -2.09. The topological polar surface area (TPSA) is 61.3 Å². The van der Waals surface area contributed by atoms with Gasteiger partial charge in [0.1, 0.15) is 11.3 Å². The Balaban J connectivity index is 2.61. The van der Waals surface area contributed by atoms with Gasteiger partial charge < -0.3 is 9.47 Å². The summed E-state index contributed by atoms with van der Waals surface area (Å²) in [6, 6.07) is 5.26. The molecule has 0 saturated heterocycles. The molecule has 0 saturated carbocycles. The summed E-state index contributed by atoms with van der Waals surface area (Å²) in [4.78, 5) is 11.6. The number of carbonyl (C=O) groups is 1. The average molecular weight is 267 g/mol. The molecule has 0 unspecified atom stereocenters. The molecule has 0 N–H and O–H groups in total. The van der Waals surface area contributed by atoms with Crippen LogP contribution >= 0.6 is 11.6 Å². The van der Waals surface area contributed by atoms with Crippen LogP contribution in [0, 0.1) is 0 Å². The van der Waals surface area contributed by atoms with Gasteiger partial charge >= 0.3 is 5.97 Å². The molecule has 94 valence electrons. The number of ether oxygens (including phenoxy) is 2. The Bertz CT molecular complexity index is 601. The zero-order valence-electron chi connectivity index (χ0n) is 9.94. The van der Waals surface area contributed by atoms with Crippen LogP contribution in [0.3, 0.4) is 0 Å². The molecule has 2 rings (SSSR count). The lowest BCUT2D eigenvalue weighted by Gasteiger charge is -2.07. The number of methoxy groups -OCH3 is 1. The standard InChI is InChI=1S/C12H11ClN2O3/c1-3-18-12(16)11-9(13)7-5-4-6-8(17-2)10(7)14-15-11/h4-6H,3H2,1-2H3. The first-order chi connectivity index (χ1) is 8.69. The van der Waals surface area contributed by atoms with Gasteiger partial charge in [-0.1, -0.05) is 23.7 Å². The zero-order valence-corrected chi connectivity index (χ0v) is 10.7. The summed E-state index contributed by atoms with van der Waals surface area (Å²) in [6.07, 6.45) is 0. The van der Waals surface area contributed by atoms with Gasteiger partial charge in [-0.05, 0) is 13.0 Å². The fourth-order valence-corrected chi connectivity index (χ4v) is 1.84. The maximum atomic E-state index is 11.6. The number of fused-ring (bicyclic) bond motifs is 1. The molecule has 0 bridgehead atoms. The molecule has 1 aromatic heterocycles. The molecule has 0 aliphatic heterocycles. The summed E-state index contributed by atoms with van der Waals surface area (Å²) >= 11 is 6.14. The van der Waals surface area contributed by atoms with E-state index in [0.29, 0.717) is 16.7 Å². The summed E-state index contributed by atoms with van der Waals surface area (Å²) in [5.41, 5.74) is 0.525. The van der Waals surface area contributed by atoms with Crippen molar-refractivity contribution < 1.29 is 14.3 Å². The number of aromatic nitrogens is 2. The number of halogens is 1. The average Bonchev–Trinajstić information content (AvgIpc) is 2.39. The van der Waals surface area contributed by atoms with Crippen molar-refractivity contribution in [3.63, 3.8) is 0 Å².